The third-order valence-electron chi connectivity index (χ3n) is 2.75. The summed E-state index contributed by atoms with van der Waals surface area (Å²) in [6.07, 6.45) is 5.55. The van der Waals surface area contributed by atoms with E-state index in [2.05, 4.69) is 20.0 Å². The molecule has 0 aromatic carbocycles. The number of fused-ring (bicyclic) bond motifs is 1. The van der Waals surface area contributed by atoms with Crippen LogP contribution in [0.4, 0.5) is 0 Å². The Morgan fingerprint density at radius 3 is 2.94 bits per heavy atom. The first-order valence-electron chi connectivity index (χ1n) is 5.49. The number of aryl methyl sites for hydroxylation is 1. The van der Waals surface area contributed by atoms with Crippen molar-refractivity contribution in [2.45, 2.75) is 12.8 Å². The van der Waals surface area contributed by atoms with E-state index in [9.17, 15) is 0 Å². The van der Waals surface area contributed by atoms with E-state index in [4.69, 9.17) is 17.3 Å². The van der Waals surface area contributed by atoms with Gasteiger partial charge in [0.1, 0.15) is 0 Å². The molecule has 0 radical (unpaired) electrons. The number of aliphatic imine (C=N–C) groups is 2. The van der Waals surface area contributed by atoms with Crippen LogP contribution in [-0.2, 0) is 0 Å². The van der Waals surface area contributed by atoms with Gasteiger partial charge in [0.2, 0.25) is 5.96 Å². The number of aromatic nitrogens is 3. The summed E-state index contributed by atoms with van der Waals surface area (Å²) in [6, 6.07) is 0. The molecule has 0 amide bonds. The zero-order valence-corrected chi connectivity index (χ0v) is 10.5. The molecule has 2 aromatic rings. The second kappa shape index (κ2) is 4.06. The number of guanidine groups is 1. The molecule has 0 bridgehead atoms. The number of halogens is 1. The summed E-state index contributed by atoms with van der Waals surface area (Å²) in [6.45, 7) is 2.45. The molecule has 1 aliphatic rings. The van der Waals surface area contributed by atoms with Gasteiger partial charge in [0, 0.05) is 18.6 Å². The van der Waals surface area contributed by atoms with Crippen molar-refractivity contribution in [2.24, 2.45) is 15.7 Å². The third-order valence-corrected chi connectivity index (χ3v) is 3.01. The Balaban J connectivity index is 2.05. The van der Waals surface area contributed by atoms with E-state index in [1.807, 2.05) is 23.7 Å². The average Bonchev–Trinajstić information content (AvgIpc) is 2.71. The second-order valence-corrected chi connectivity index (χ2v) is 4.51. The lowest BCUT2D eigenvalue weighted by molar-refractivity contribution is 0.837. The quantitative estimate of drug-likeness (QED) is 0.838. The maximum absolute atomic E-state index is 6.12. The first kappa shape index (κ1) is 11.2. The van der Waals surface area contributed by atoms with Crippen molar-refractivity contribution < 1.29 is 0 Å². The molecule has 0 saturated heterocycles. The van der Waals surface area contributed by atoms with Crippen molar-refractivity contribution in [1.29, 1.82) is 0 Å². The van der Waals surface area contributed by atoms with Crippen LogP contribution in [0, 0.1) is 6.92 Å². The fourth-order valence-corrected chi connectivity index (χ4v) is 2.13. The van der Waals surface area contributed by atoms with E-state index in [1.165, 1.54) is 0 Å². The molecule has 0 saturated carbocycles. The molecule has 1 atom stereocenters. The van der Waals surface area contributed by atoms with Crippen LogP contribution in [0.15, 0.2) is 22.4 Å². The van der Waals surface area contributed by atoms with Gasteiger partial charge >= 0.3 is 0 Å². The number of hydrogen-bond donors (Lipinski definition) is 1. The number of hydrogen-bond acceptors (Lipinski definition) is 5. The highest BCUT2D eigenvalue weighted by Gasteiger charge is 2.16. The SMILES string of the molecule is Cc1cn2cc(C3C=NC(N)=NC3)nc(Cl)c2n1. The lowest BCUT2D eigenvalue weighted by atomic mass is 10.1. The van der Waals surface area contributed by atoms with Crippen LogP contribution in [0.2, 0.25) is 5.15 Å². The highest BCUT2D eigenvalue weighted by Crippen LogP contribution is 2.20. The Labute approximate surface area is 108 Å². The third kappa shape index (κ3) is 1.84. The summed E-state index contributed by atoms with van der Waals surface area (Å²) in [7, 11) is 0. The minimum Gasteiger partial charge on any atom is -0.368 e. The second-order valence-electron chi connectivity index (χ2n) is 4.15. The number of rotatable bonds is 1. The van der Waals surface area contributed by atoms with Gasteiger partial charge in [-0.15, -0.1) is 0 Å². The topological polar surface area (TPSA) is 80.9 Å². The molecule has 2 aromatic heterocycles. The molecule has 0 aliphatic carbocycles. The molecule has 92 valence electrons. The first-order valence-corrected chi connectivity index (χ1v) is 5.87. The molecule has 18 heavy (non-hydrogen) atoms. The number of nitrogens with two attached hydrogens (primary N) is 1. The molecule has 1 unspecified atom stereocenters. The van der Waals surface area contributed by atoms with Crippen LogP contribution in [0.3, 0.4) is 0 Å². The van der Waals surface area contributed by atoms with Gasteiger partial charge in [-0.1, -0.05) is 11.6 Å². The van der Waals surface area contributed by atoms with Gasteiger partial charge in [0.15, 0.2) is 10.8 Å². The van der Waals surface area contributed by atoms with Gasteiger partial charge in [-0.3, -0.25) is 4.99 Å². The van der Waals surface area contributed by atoms with Gasteiger partial charge in [0.05, 0.1) is 23.9 Å². The Bertz CT molecular complexity index is 671. The normalized spacial score (nSPS) is 19.2. The zero-order valence-electron chi connectivity index (χ0n) is 9.71. The van der Waals surface area contributed by atoms with Crippen LogP contribution in [0.1, 0.15) is 17.3 Å². The maximum atomic E-state index is 6.12. The summed E-state index contributed by atoms with van der Waals surface area (Å²) in [5.74, 6) is 0.304. The van der Waals surface area contributed by atoms with Gasteiger partial charge in [-0.25, -0.2) is 15.0 Å². The highest BCUT2D eigenvalue weighted by molar-refractivity contribution is 6.32. The van der Waals surface area contributed by atoms with E-state index >= 15 is 0 Å². The Morgan fingerprint density at radius 2 is 2.22 bits per heavy atom. The van der Waals surface area contributed by atoms with Crippen LogP contribution in [0.25, 0.3) is 5.65 Å². The van der Waals surface area contributed by atoms with Crippen molar-refractivity contribution in [3.63, 3.8) is 0 Å². The van der Waals surface area contributed by atoms with Crippen molar-refractivity contribution in [3.05, 3.63) is 28.9 Å². The maximum Gasteiger partial charge on any atom is 0.214 e. The fraction of sp³-hybridized carbons (Fsp3) is 0.273. The van der Waals surface area contributed by atoms with Crippen LogP contribution in [0.5, 0.6) is 0 Å². The minimum absolute atomic E-state index is 0.00176. The molecular formula is C11H11ClN6. The van der Waals surface area contributed by atoms with E-state index < -0.39 is 0 Å². The predicted molar refractivity (Wildman–Crippen MR) is 70.5 cm³/mol. The molecule has 1 aliphatic heterocycles. The van der Waals surface area contributed by atoms with Crippen molar-refractivity contribution in [1.82, 2.24) is 14.4 Å². The van der Waals surface area contributed by atoms with Crippen LogP contribution < -0.4 is 5.73 Å². The molecule has 7 heteroatoms. The van der Waals surface area contributed by atoms with Crippen molar-refractivity contribution in [3.8, 4) is 0 Å². The van der Waals surface area contributed by atoms with E-state index in [1.54, 1.807) is 6.21 Å². The van der Waals surface area contributed by atoms with Crippen molar-refractivity contribution in [2.75, 3.05) is 6.54 Å². The lowest BCUT2D eigenvalue weighted by Crippen LogP contribution is -2.19. The molecule has 2 N–H and O–H groups in total. The first-order chi connectivity index (χ1) is 8.63. The highest BCUT2D eigenvalue weighted by atomic mass is 35.5. The average molecular weight is 263 g/mol. The fourth-order valence-electron chi connectivity index (χ4n) is 1.90. The van der Waals surface area contributed by atoms with E-state index in [-0.39, 0.29) is 5.92 Å². The Kier molecular flexibility index (Phi) is 2.52. The monoisotopic (exact) mass is 262 g/mol. The van der Waals surface area contributed by atoms with E-state index in [0.717, 1.165) is 11.4 Å². The van der Waals surface area contributed by atoms with Crippen LogP contribution >= 0.6 is 11.6 Å². The van der Waals surface area contributed by atoms with E-state index in [0.29, 0.717) is 23.3 Å². The molecule has 6 nitrogen and oxygen atoms in total. The number of imidazole rings is 1. The smallest absolute Gasteiger partial charge is 0.214 e. The van der Waals surface area contributed by atoms with Gasteiger partial charge in [-0.2, -0.15) is 0 Å². The Morgan fingerprint density at radius 1 is 1.39 bits per heavy atom. The summed E-state index contributed by atoms with van der Waals surface area (Å²) in [5, 5.41) is 0.386. The lowest BCUT2D eigenvalue weighted by Gasteiger charge is -2.13. The molecule has 0 fully saturated rings. The minimum atomic E-state index is 0.00176. The number of nitrogens with zero attached hydrogens (tertiary/aromatic N) is 5. The molecular weight excluding hydrogens is 252 g/mol. The van der Waals surface area contributed by atoms with Crippen LogP contribution in [-0.4, -0.2) is 33.1 Å². The zero-order chi connectivity index (χ0) is 12.7. The standard InChI is InChI=1S/C11H11ClN6/c1-6-4-18-5-8(17-9(12)10(18)16-6)7-2-14-11(13)15-3-7/h2,4-5,7H,3H2,1H3,(H2,13,15). The predicted octanol–water partition coefficient (Wildman–Crippen LogP) is 1.17. The molecule has 3 heterocycles. The van der Waals surface area contributed by atoms with Gasteiger partial charge in [-0.05, 0) is 6.92 Å². The molecule has 0 spiro atoms. The van der Waals surface area contributed by atoms with Gasteiger partial charge < -0.3 is 10.1 Å². The Hall–Kier alpha value is -1.95. The summed E-state index contributed by atoms with van der Waals surface area (Å²) >= 11 is 6.12. The summed E-state index contributed by atoms with van der Waals surface area (Å²) in [4.78, 5) is 16.7. The van der Waals surface area contributed by atoms with Gasteiger partial charge in [0.25, 0.3) is 0 Å². The summed E-state index contributed by atoms with van der Waals surface area (Å²) in [5.41, 5.74) is 7.86. The van der Waals surface area contributed by atoms with Crippen molar-refractivity contribution >= 4 is 29.4 Å². The largest absolute Gasteiger partial charge is 0.368 e. The summed E-state index contributed by atoms with van der Waals surface area (Å²) < 4.78 is 1.87. The molecule has 3 rings (SSSR count).